The minimum Gasteiger partial charge on any atom is -0.494 e. The molecular formula is C12H19NO2. The van der Waals surface area contributed by atoms with Crippen molar-refractivity contribution in [3.8, 4) is 5.75 Å². The van der Waals surface area contributed by atoms with Crippen molar-refractivity contribution in [2.75, 3.05) is 20.3 Å². The Kier molecular flexibility index (Phi) is 5.81. The highest BCUT2D eigenvalue weighted by Crippen LogP contribution is 2.09. The molecule has 0 aliphatic rings. The van der Waals surface area contributed by atoms with Crippen LogP contribution in [0.15, 0.2) is 30.3 Å². The third kappa shape index (κ3) is 5.40. The van der Waals surface area contributed by atoms with Gasteiger partial charge in [-0.3, -0.25) is 0 Å². The Morgan fingerprint density at radius 2 is 2.00 bits per heavy atom. The van der Waals surface area contributed by atoms with Crippen molar-refractivity contribution in [1.82, 2.24) is 0 Å². The molecule has 15 heavy (non-hydrogen) atoms. The molecule has 1 aromatic carbocycles. The van der Waals surface area contributed by atoms with E-state index in [4.69, 9.17) is 15.2 Å². The average molecular weight is 209 g/mol. The molecule has 0 aromatic heterocycles. The predicted molar refractivity (Wildman–Crippen MR) is 61.0 cm³/mol. The van der Waals surface area contributed by atoms with Gasteiger partial charge in [-0.15, -0.1) is 0 Å². The Balaban J connectivity index is 2.07. The summed E-state index contributed by atoms with van der Waals surface area (Å²) in [5.41, 5.74) is 5.78. The minimum atomic E-state index is 0.120. The Bertz CT molecular complexity index is 251. The van der Waals surface area contributed by atoms with E-state index >= 15 is 0 Å². The average Bonchev–Trinajstić information content (AvgIpc) is 2.26. The fourth-order valence-corrected chi connectivity index (χ4v) is 1.35. The molecule has 3 heteroatoms. The van der Waals surface area contributed by atoms with Crippen LogP contribution in [0, 0.1) is 0 Å². The molecule has 0 radical (unpaired) electrons. The highest BCUT2D eigenvalue weighted by Gasteiger charge is 2.01. The Labute approximate surface area is 91.2 Å². The molecule has 0 saturated heterocycles. The third-order valence-corrected chi connectivity index (χ3v) is 2.11. The number of methoxy groups -OCH3 is 1. The van der Waals surface area contributed by atoms with E-state index < -0.39 is 0 Å². The van der Waals surface area contributed by atoms with Gasteiger partial charge in [-0.2, -0.15) is 0 Å². The van der Waals surface area contributed by atoms with E-state index in [2.05, 4.69) is 0 Å². The summed E-state index contributed by atoms with van der Waals surface area (Å²) in [6.07, 6.45) is 1.89. The van der Waals surface area contributed by atoms with Crippen LogP contribution >= 0.6 is 0 Å². The van der Waals surface area contributed by atoms with E-state index in [1.807, 2.05) is 30.3 Å². The van der Waals surface area contributed by atoms with Gasteiger partial charge in [0.1, 0.15) is 5.75 Å². The van der Waals surface area contributed by atoms with E-state index in [1.165, 1.54) is 0 Å². The number of hydrogen-bond acceptors (Lipinski definition) is 3. The molecule has 1 rings (SSSR count). The molecule has 0 fully saturated rings. The number of ether oxygens (including phenoxy) is 2. The highest BCUT2D eigenvalue weighted by molar-refractivity contribution is 5.20. The second-order valence-corrected chi connectivity index (χ2v) is 3.52. The molecule has 1 atom stereocenters. The van der Waals surface area contributed by atoms with Crippen LogP contribution in [0.3, 0.4) is 0 Å². The van der Waals surface area contributed by atoms with E-state index in [-0.39, 0.29) is 6.04 Å². The van der Waals surface area contributed by atoms with Gasteiger partial charge in [0.2, 0.25) is 0 Å². The lowest BCUT2D eigenvalue weighted by Gasteiger charge is -2.10. The maximum atomic E-state index is 5.78. The van der Waals surface area contributed by atoms with Crippen LogP contribution in [0.4, 0.5) is 0 Å². The molecule has 84 valence electrons. The van der Waals surface area contributed by atoms with Gasteiger partial charge in [-0.1, -0.05) is 18.2 Å². The standard InChI is InChI=1S/C12H19NO2/c1-14-10-11(13)6-5-9-15-12-7-3-2-4-8-12/h2-4,7-8,11H,5-6,9-10,13H2,1H3. The second-order valence-electron chi connectivity index (χ2n) is 3.52. The van der Waals surface area contributed by atoms with Crippen LogP contribution in [0.1, 0.15) is 12.8 Å². The van der Waals surface area contributed by atoms with Crippen molar-refractivity contribution in [3.05, 3.63) is 30.3 Å². The van der Waals surface area contributed by atoms with Gasteiger partial charge in [-0.05, 0) is 25.0 Å². The lowest BCUT2D eigenvalue weighted by molar-refractivity contribution is 0.173. The molecule has 1 aromatic rings. The van der Waals surface area contributed by atoms with Crippen molar-refractivity contribution >= 4 is 0 Å². The van der Waals surface area contributed by atoms with Crippen molar-refractivity contribution in [1.29, 1.82) is 0 Å². The summed E-state index contributed by atoms with van der Waals surface area (Å²) in [4.78, 5) is 0. The van der Waals surface area contributed by atoms with E-state index in [9.17, 15) is 0 Å². The first-order valence-corrected chi connectivity index (χ1v) is 5.25. The largest absolute Gasteiger partial charge is 0.494 e. The Morgan fingerprint density at radius 1 is 1.27 bits per heavy atom. The molecule has 0 aliphatic carbocycles. The fraction of sp³-hybridized carbons (Fsp3) is 0.500. The normalized spacial score (nSPS) is 12.4. The van der Waals surface area contributed by atoms with Gasteiger partial charge in [0.15, 0.2) is 0 Å². The van der Waals surface area contributed by atoms with Crippen molar-refractivity contribution in [2.24, 2.45) is 5.73 Å². The smallest absolute Gasteiger partial charge is 0.119 e. The SMILES string of the molecule is COCC(N)CCCOc1ccccc1. The van der Waals surface area contributed by atoms with Crippen LogP contribution in [0.2, 0.25) is 0 Å². The maximum absolute atomic E-state index is 5.78. The molecule has 0 spiro atoms. The molecule has 1 unspecified atom stereocenters. The summed E-state index contributed by atoms with van der Waals surface area (Å²) < 4.78 is 10.5. The number of hydrogen-bond donors (Lipinski definition) is 1. The van der Waals surface area contributed by atoms with Crippen molar-refractivity contribution < 1.29 is 9.47 Å². The summed E-state index contributed by atoms with van der Waals surface area (Å²) in [5, 5.41) is 0. The van der Waals surface area contributed by atoms with E-state index in [0.717, 1.165) is 18.6 Å². The van der Waals surface area contributed by atoms with Gasteiger partial charge in [-0.25, -0.2) is 0 Å². The number of rotatable bonds is 7. The first-order chi connectivity index (χ1) is 7.33. The maximum Gasteiger partial charge on any atom is 0.119 e. The third-order valence-electron chi connectivity index (χ3n) is 2.11. The van der Waals surface area contributed by atoms with Gasteiger partial charge < -0.3 is 15.2 Å². The summed E-state index contributed by atoms with van der Waals surface area (Å²) in [7, 11) is 1.67. The molecule has 0 heterocycles. The molecule has 0 amide bonds. The van der Waals surface area contributed by atoms with Crippen LogP contribution in [-0.2, 0) is 4.74 Å². The summed E-state index contributed by atoms with van der Waals surface area (Å²) >= 11 is 0. The van der Waals surface area contributed by atoms with Gasteiger partial charge in [0.05, 0.1) is 13.2 Å². The number of benzene rings is 1. The molecule has 0 aliphatic heterocycles. The lowest BCUT2D eigenvalue weighted by Crippen LogP contribution is -2.25. The summed E-state index contributed by atoms with van der Waals surface area (Å²) in [5.74, 6) is 0.915. The van der Waals surface area contributed by atoms with Crippen LogP contribution in [-0.4, -0.2) is 26.4 Å². The highest BCUT2D eigenvalue weighted by atomic mass is 16.5. The van der Waals surface area contributed by atoms with Gasteiger partial charge in [0, 0.05) is 13.2 Å². The first kappa shape index (κ1) is 12.0. The fourth-order valence-electron chi connectivity index (χ4n) is 1.35. The zero-order chi connectivity index (χ0) is 10.9. The van der Waals surface area contributed by atoms with E-state index in [1.54, 1.807) is 7.11 Å². The van der Waals surface area contributed by atoms with E-state index in [0.29, 0.717) is 13.2 Å². The Hall–Kier alpha value is -1.06. The molecule has 3 nitrogen and oxygen atoms in total. The molecular weight excluding hydrogens is 190 g/mol. The van der Waals surface area contributed by atoms with Gasteiger partial charge in [0.25, 0.3) is 0 Å². The molecule has 2 N–H and O–H groups in total. The predicted octanol–water partition coefficient (Wildman–Crippen LogP) is 1.82. The van der Waals surface area contributed by atoms with Gasteiger partial charge >= 0.3 is 0 Å². The monoisotopic (exact) mass is 209 g/mol. The topological polar surface area (TPSA) is 44.5 Å². The lowest BCUT2D eigenvalue weighted by atomic mass is 10.2. The Morgan fingerprint density at radius 3 is 2.67 bits per heavy atom. The van der Waals surface area contributed by atoms with Crippen molar-refractivity contribution in [3.63, 3.8) is 0 Å². The zero-order valence-electron chi connectivity index (χ0n) is 9.19. The first-order valence-electron chi connectivity index (χ1n) is 5.25. The van der Waals surface area contributed by atoms with Crippen molar-refractivity contribution in [2.45, 2.75) is 18.9 Å². The quantitative estimate of drug-likeness (QED) is 0.697. The number of para-hydroxylation sites is 1. The summed E-state index contributed by atoms with van der Waals surface area (Å²) in [6.45, 7) is 1.33. The number of nitrogens with two attached hydrogens (primary N) is 1. The zero-order valence-corrected chi connectivity index (χ0v) is 9.19. The molecule has 0 bridgehead atoms. The second kappa shape index (κ2) is 7.26. The van der Waals surface area contributed by atoms with Crippen LogP contribution < -0.4 is 10.5 Å². The minimum absolute atomic E-state index is 0.120. The van der Waals surface area contributed by atoms with Crippen LogP contribution in [0.25, 0.3) is 0 Å². The van der Waals surface area contributed by atoms with Crippen LogP contribution in [0.5, 0.6) is 5.75 Å². The summed E-state index contributed by atoms with van der Waals surface area (Å²) in [6, 6.07) is 9.93. The molecule has 0 saturated carbocycles.